The molecule has 1 atom stereocenters. The normalized spacial score (nSPS) is 16.3. The number of carbonyl (C=O) groups is 2. The lowest BCUT2D eigenvalue weighted by atomic mass is 9.90. The highest BCUT2D eigenvalue weighted by atomic mass is 35.5. The molecular weight excluding hydrogens is 640 g/mol. The van der Waals surface area contributed by atoms with Gasteiger partial charge in [-0.3, -0.25) is 9.59 Å². The van der Waals surface area contributed by atoms with E-state index in [1.165, 1.54) is 5.32 Å². The first kappa shape index (κ1) is 33.4. The molecule has 1 unspecified atom stereocenters. The topological polar surface area (TPSA) is 58.2 Å². The van der Waals surface area contributed by atoms with Crippen molar-refractivity contribution in [3.8, 4) is 0 Å². The van der Waals surface area contributed by atoms with Crippen molar-refractivity contribution in [2.24, 2.45) is 0 Å². The van der Waals surface area contributed by atoms with Crippen LogP contribution in [0.4, 0.5) is 48.3 Å². The average molecular weight is 657 g/mol. The molecule has 1 aliphatic rings. The van der Waals surface area contributed by atoms with Crippen LogP contribution in [0.2, 0.25) is 10.0 Å². The van der Waals surface area contributed by atoms with E-state index in [0.29, 0.717) is 24.3 Å². The van der Waals surface area contributed by atoms with Crippen LogP contribution in [0.15, 0.2) is 42.5 Å². The Morgan fingerprint density at radius 3 is 1.93 bits per heavy atom. The second-order valence-corrected chi connectivity index (χ2v) is 10.2. The highest BCUT2D eigenvalue weighted by molar-refractivity contribution is 6.34. The minimum atomic E-state index is -6.08. The predicted octanol–water partition coefficient (Wildman–Crippen LogP) is 7.95. The molecule has 0 bridgehead atoms. The molecule has 0 aliphatic heterocycles. The molecule has 4 nitrogen and oxygen atoms in total. The van der Waals surface area contributed by atoms with Crippen LogP contribution in [0.3, 0.4) is 0 Å². The lowest BCUT2D eigenvalue weighted by Crippen LogP contribution is -2.51. The maximum Gasteiger partial charge on any atom is 0.454 e. The average Bonchev–Trinajstić information content (AvgIpc) is 3.60. The van der Waals surface area contributed by atoms with Crippen molar-refractivity contribution in [2.75, 3.05) is 6.54 Å². The van der Waals surface area contributed by atoms with Gasteiger partial charge in [-0.15, -0.1) is 0 Å². The number of nitrogens with one attached hydrogen (secondary N) is 2. The van der Waals surface area contributed by atoms with E-state index in [2.05, 4.69) is 0 Å². The Morgan fingerprint density at radius 2 is 1.45 bits per heavy atom. The standard InChI is InChI=1S/C25H17Cl2F11N2O2/c26-14-8-13(9-15(27)10-14)17(23(31,32)25(36,37)38)4-2-12-1-3-16(18(7-12)24(33,34)35)19(41)40-21(5-6-21)20(42)39-11-22(28,29)30/h1-4,7-10,17H,5-6,11H2,(H,39,42)(H,40,41)/b4-2+. The van der Waals surface area contributed by atoms with Crippen molar-refractivity contribution in [3.63, 3.8) is 0 Å². The molecule has 42 heavy (non-hydrogen) atoms. The highest BCUT2D eigenvalue weighted by Crippen LogP contribution is 2.47. The maximum absolute atomic E-state index is 14.4. The summed E-state index contributed by atoms with van der Waals surface area (Å²) in [7, 11) is 0. The number of rotatable bonds is 8. The summed E-state index contributed by atoms with van der Waals surface area (Å²) in [6.07, 6.45) is -15.6. The summed E-state index contributed by atoms with van der Waals surface area (Å²) < 4.78 is 147. The molecular formula is C25H17Cl2F11N2O2. The first-order valence-electron chi connectivity index (χ1n) is 11.5. The molecule has 2 aromatic carbocycles. The summed E-state index contributed by atoms with van der Waals surface area (Å²) in [4.78, 5) is 24.8. The van der Waals surface area contributed by atoms with Crippen molar-refractivity contribution in [2.45, 2.75) is 48.7 Å². The van der Waals surface area contributed by atoms with Gasteiger partial charge in [-0.2, -0.15) is 48.3 Å². The zero-order valence-corrected chi connectivity index (χ0v) is 22.1. The minimum absolute atomic E-state index is 0.160. The molecule has 3 rings (SSSR count). The summed E-state index contributed by atoms with van der Waals surface area (Å²) in [6.45, 7) is -1.74. The Morgan fingerprint density at radius 1 is 0.881 bits per heavy atom. The fourth-order valence-corrected chi connectivity index (χ4v) is 4.39. The second kappa shape index (κ2) is 11.5. The summed E-state index contributed by atoms with van der Waals surface area (Å²) in [6, 6.07) is 4.28. The van der Waals surface area contributed by atoms with Gasteiger partial charge in [0.25, 0.3) is 5.91 Å². The van der Waals surface area contributed by atoms with Crippen LogP contribution in [0, 0.1) is 0 Å². The largest absolute Gasteiger partial charge is 0.454 e. The van der Waals surface area contributed by atoms with Crippen molar-refractivity contribution in [1.82, 2.24) is 10.6 Å². The number of carbonyl (C=O) groups excluding carboxylic acids is 2. The molecule has 2 aromatic rings. The molecule has 1 aliphatic carbocycles. The SMILES string of the molecule is O=C(NC1(C(=O)NCC(F)(F)F)CC1)c1ccc(/C=C/C(c2cc(Cl)cc(Cl)c2)C(F)(F)C(F)(F)F)cc1C(F)(F)F. The number of hydrogen-bond acceptors (Lipinski definition) is 2. The number of hydrogen-bond donors (Lipinski definition) is 2. The van der Waals surface area contributed by atoms with E-state index in [4.69, 9.17) is 23.2 Å². The Labute approximate surface area is 239 Å². The predicted molar refractivity (Wildman–Crippen MR) is 129 cm³/mol. The fourth-order valence-electron chi connectivity index (χ4n) is 3.85. The van der Waals surface area contributed by atoms with Crippen LogP contribution < -0.4 is 10.6 Å². The molecule has 0 saturated heterocycles. The smallest absolute Gasteiger partial charge is 0.345 e. The highest BCUT2D eigenvalue weighted by Gasteiger charge is 2.62. The van der Waals surface area contributed by atoms with Crippen LogP contribution in [0.1, 0.15) is 45.8 Å². The van der Waals surface area contributed by atoms with Gasteiger partial charge in [0.2, 0.25) is 5.91 Å². The van der Waals surface area contributed by atoms with E-state index in [0.717, 1.165) is 24.3 Å². The van der Waals surface area contributed by atoms with Gasteiger partial charge in [0.1, 0.15) is 12.1 Å². The third kappa shape index (κ3) is 7.85. The minimum Gasteiger partial charge on any atom is -0.345 e. The van der Waals surface area contributed by atoms with Gasteiger partial charge in [-0.05, 0) is 54.3 Å². The van der Waals surface area contributed by atoms with Crippen molar-refractivity contribution < 1.29 is 57.9 Å². The van der Waals surface area contributed by atoms with E-state index in [1.54, 1.807) is 0 Å². The molecule has 0 aromatic heterocycles. The van der Waals surface area contributed by atoms with Crippen molar-refractivity contribution in [3.05, 3.63) is 74.8 Å². The zero-order chi connectivity index (χ0) is 31.9. The molecule has 0 radical (unpaired) electrons. The van der Waals surface area contributed by atoms with E-state index >= 15 is 0 Å². The van der Waals surface area contributed by atoms with Crippen molar-refractivity contribution >= 4 is 41.1 Å². The third-order valence-corrected chi connectivity index (χ3v) is 6.51. The molecule has 2 amide bonds. The molecule has 230 valence electrons. The van der Waals surface area contributed by atoms with Gasteiger partial charge in [-0.25, -0.2) is 0 Å². The van der Waals surface area contributed by atoms with E-state index in [9.17, 15) is 57.9 Å². The second-order valence-electron chi connectivity index (χ2n) is 9.30. The lowest BCUT2D eigenvalue weighted by Gasteiger charge is -2.27. The Hall–Kier alpha value is -3.07. The van der Waals surface area contributed by atoms with Crippen LogP contribution in [-0.2, 0) is 11.0 Å². The number of allylic oxidation sites excluding steroid dienone is 1. The van der Waals surface area contributed by atoms with Crippen LogP contribution in [0.5, 0.6) is 0 Å². The van der Waals surface area contributed by atoms with Crippen LogP contribution in [-0.4, -0.2) is 42.2 Å². The van der Waals surface area contributed by atoms with E-state index in [-0.39, 0.29) is 22.9 Å². The van der Waals surface area contributed by atoms with Gasteiger partial charge in [0, 0.05) is 10.0 Å². The first-order valence-corrected chi connectivity index (χ1v) is 12.3. The van der Waals surface area contributed by atoms with Gasteiger partial charge >= 0.3 is 24.5 Å². The van der Waals surface area contributed by atoms with Crippen LogP contribution >= 0.6 is 23.2 Å². The number of alkyl halides is 11. The fraction of sp³-hybridized carbons (Fsp3) is 0.360. The molecule has 0 heterocycles. The lowest BCUT2D eigenvalue weighted by molar-refractivity contribution is -0.286. The van der Waals surface area contributed by atoms with Crippen LogP contribution in [0.25, 0.3) is 6.08 Å². The van der Waals surface area contributed by atoms with Gasteiger partial charge in [0.15, 0.2) is 0 Å². The molecule has 1 saturated carbocycles. The number of amides is 2. The summed E-state index contributed by atoms with van der Waals surface area (Å²) in [5, 5.41) is 2.95. The monoisotopic (exact) mass is 656 g/mol. The van der Waals surface area contributed by atoms with E-state index in [1.807, 2.05) is 5.32 Å². The zero-order valence-electron chi connectivity index (χ0n) is 20.5. The maximum atomic E-state index is 14.4. The Kier molecular flexibility index (Phi) is 9.19. The molecule has 1 fully saturated rings. The Balaban J connectivity index is 1.95. The summed E-state index contributed by atoms with van der Waals surface area (Å²) in [5.74, 6) is -10.9. The van der Waals surface area contributed by atoms with Gasteiger partial charge < -0.3 is 10.6 Å². The summed E-state index contributed by atoms with van der Waals surface area (Å²) >= 11 is 11.5. The van der Waals surface area contributed by atoms with Crippen molar-refractivity contribution in [1.29, 1.82) is 0 Å². The molecule has 0 spiro atoms. The first-order chi connectivity index (χ1) is 19.1. The quantitative estimate of drug-likeness (QED) is 0.284. The van der Waals surface area contributed by atoms with Gasteiger partial charge in [0.05, 0.1) is 17.0 Å². The van der Waals surface area contributed by atoms with E-state index < -0.39 is 76.5 Å². The molecule has 17 heteroatoms. The number of benzene rings is 2. The number of halogens is 13. The summed E-state index contributed by atoms with van der Waals surface area (Å²) in [5.41, 5.74) is -5.85. The third-order valence-electron chi connectivity index (χ3n) is 6.07. The van der Waals surface area contributed by atoms with Gasteiger partial charge in [-0.1, -0.05) is 41.4 Å². The molecule has 2 N–H and O–H groups in total. The Bertz CT molecular complexity index is 1360.